The van der Waals surface area contributed by atoms with E-state index >= 15 is 0 Å². The van der Waals surface area contributed by atoms with E-state index in [1.54, 1.807) is 30.3 Å². The lowest BCUT2D eigenvalue weighted by Gasteiger charge is -2.05. The van der Waals surface area contributed by atoms with Crippen LogP contribution < -0.4 is 0 Å². The number of ether oxygens (including phenoxy) is 2. The number of carbonyl (C=O) groups is 3. The predicted molar refractivity (Wildman–Crippen MR) is 79.0 cm³/mol. The van der Waals surface area contributed by atoms with Gasteiger partial charge in [0.1, 0.15) is 0 Å². The highest BCUT2D eigenvalue weighted by Gasteiger charge is 2.13. The van der Waals surface area contributed by atoms with Crippen molar-refractivity contribution in [3.8, 4) is 0 Å². The fourth-order valence-electron chi connectivity index (χ4n) is 1.95. The average molecular weight is 298 g/mol. The van der Waals surface area contributed by atoms with Crippen molar-refractivity contribution < 1.29 is 23.9 Å². The monoisotopic (exact) mass is 298 g/mol. The van der Waals surface area contributed by atoms with Crippen LogP contribution in [0.5, 0.6) is 0 Å². The van der Waals surface area contributed by atoms with Crippen molar-refractivity contribution in [2.24, 2.45) is 0 Å². The molecule has 0 aliphatic carbocycles. The molecule has 0 radical (unpaired) electrons. The Morgan fingerprint density at radius 2 is 1.18 bits per heavy atom. The molecule has 5 nitrogen and oxygen atoms in total. The number of carbonyl (C=O) groups excluding carboxylic acids is 3. The van der Waals surface area contributed by atoms with Gasteiger partial charge in [-0.15, -0.1) is 0 Å². The van der Waals surface area contributed by atoms with Crippen LogP contribution in [0, 0.1) is 0 Å². The maximum Gasteiger partial charge on any atom is 0.337 e. The first-order valence-electron chi connectivity index (χ1n) is 6.48. The van der Waals surface area contributed by atoms with E-state index in [4.69, 9.17) is 0 Å². The molecule has 0 amide bonds. The molecule has 0 bridgehead atoms. The predicted octanol–water partition coefficient (Wildman–Crippen LogP) is 2.49. The molecule has 0 fully saturated rings. The number of rotatable bonds is 4. The van der Waals surface area contributed by atoms with Crippen molar-refractivity contribution in [3.63, 3.8) is 0 Å². The highest BCUT2D eigenvalue weighted by Crippen LogP contribution is 2.14. The highest BCUT2D eigenvalue weighted by atomic mass is 16.5. The van der Waals surface area contributed by atoms with Crippen molar-refractivity contribution in [1.29, 1.82) is 0 Å². The number of esters is 2. The molecule has 0 heterocycles. The molecule has 112 valence electrons. The summed E-state index contributed by atoms with van der Waals surface area (Å²) in [6, 6.07) is 12.4. The molecule has 0 aromatic heterocycles. The van der Waals surface area contributed by atoms with Crippen LogP contribution in [-0.4, -0.2) is 31.9 Å². The highest BCUT2D eigenvalue weighted by molar-refractivity contribution is 6.10. The zero-order valence-electron chi connectivity index (χ0n) is 12.2. The molecule has 22 heavy (non-hydrogen) atoms. The van der Waals surface area contributed by atoms with Gasteiger partial charge in [0, 0.05) is 11.1 Å². The molecular weight excluding hydrogens is 284 g/mol. The third-order valence-electron chi connectivity index (χ3n) is 3.11. The van der Waals surface area contributed by atoms with Gasteiger partial charge in [0.2, 0.25) is 0 Å². The van der Waals surface area contributed by atoms with Crippen molar-refractivity contribution in [2.75, 3.05) is 14.2 Å². The second-order valence-corrected chi connectivity index (χ2v) is 4.47. The standard InChI is InChI=1S/C17H14O5/c1-21-16(19)12-8-6-11(7-9-12)15(18)13-4-3-5-14(10-13)17(20)22-2/h3-10H,1-2H3. The van der Waals surface area contributed by atoms with Crippen molar-refractivity contribution in [2.45, 2.75) is 0 Å². The second kappa shape index (κ2) is 6.67. The fraction of sp³-hybridized carbons (Fsp3) is 0.118. The lowest BCUT2D eigenvalue weighted by Crippen LogP contribution is -2.07. The van der Waals surface area contributed by atoms with Crippen LogP contribution >= 0.6 is 0 Å². The van der Waals surface area contributed by atoms with Gasteiger partial charge in [-0.05, 0) is 24.3 Å². The molecule has 2 rings (SSSR count). The van der Waals surface area contributed by atoms with Gasteiger partial charge >= 0.3 is 11.9 Å². The van der Waals surface area contributed by atoms with Crippen LogP contribution in [0.1, 0.15) is 36.6 Å². The van der Waals surface area contributed by atoms with E-state index in [2.05, 4.69) is 9.47 Å². The number of hydrogen-bond donors (Lipinski definition) is 0. The zero-order chi connectivity index (χ0) is 16.1. The quantitative estimate of drug-likeness (QED) is 0.640. The van der Waals surface area contributed by atoms with Crippen LogP contribution in [0.3, 0.4) is 0 Å². The van der Waals surface area contributed by atoms with E-state index in [1.807, 2.05) is 0 Å². The minimum Gasteiger partial charge on any atom is -0.465 e. The third-order valence-corrected chi connectivity index (χ3v) is 3.11. The molecule has 0 atom stereocenters. The Balaban J connectivity index is 2.28. The third kappa shape index (κ3) is 3.20. The van der Waals surface area contributed by atoms with E-state index in [-0.39, 0.29) is 5.78 Å². The first-order valence-corrected chi connectivity index (χ1v) is 6.48. The van der Waals surface area contributed by atoms with Crippen LogP contribution in [0.4, 0.5) is 0 Å². The summed E-state index contributed by atoms with van der Waals surface area (Å²) in [4.78, 5) is 35.2. The maximum atomic E-state index is 12.4. The van der Waals surface area contributed by atoms with Crippen LogP contribution in [0.25, 0.3) is 0 Å². The van der Waals surface area contributed by atoms with Gasteiger partial charge in [0.05, 0.1) is 25.3 Å². The molecule has 2 aromatic rings. The summed E-state index contributed by atoms with van der Waals surface area (Å²) in [5.41, 5.74) is 1.45. The van der Waals surface area contributed by atoms with Gasteiger partial charge in [-0.25, -0.2) is 9.59 Å². The van der Waals surface area contributed by atoms with Gasteiger partial charge in [-0.1, -0.05) is 24.3 Å². The molecule has 0 unspecified atom stereocenters. The zero-order valence-corrected chi connectivity index (χ0v) is 12.2. The van der Waals surface area contributed by atoms with E-state index in [9.17, 15) is 14.4 Å². The Labute approximate surface area is 127 Å². The molecule has 0 saturated carbocycles. The van der Waals surface area contributed by atoms with Gasteiger partial charge in [0.25, 0.3) is 0 Å². The minimum absolute atomic E-state index is 0.248. The van der Waals surface area contributed by atoms with E-state index in [0.717, 1.165) is 0 Å². The smallest absolute Gasteiger partial charge is 0.337 e. The minimum atomic E-state index is -0.504. The van der Waals surface area contributed by atoms with Crippen LogP contribution in [0.15, 0.2) is 48.5 Å². The fourth-order valence-corrected chi connectivity index (χ4v) is 1.95. The summed E-state index contributed by atoms with van der Waals surface area (Å²) >= 11 is 0. The molecule has 2 aromatic carbocycles. The molecule has 0 aliphatic heterocycles. The Hall–Kier alpha value is -2.95. The number of methoxy groups -OCH3 is 2. The van der Waals surface area contributed by atoms with Crippen LogP contribution in [0.2, 0.25) is 0 Å². The average Bonchev–Trinajstić information content (AvgIpc) is 2.59. The topological polar surface area (TPSA) is 69.7 Å². The summed E-state index contributed by atoms with van der Waals surface area (Å²) in [6.45, 7) is 0. The first-order chi connectivity index (χ1) is 10.6. The van der Waals surface area contributed by atoms with E-state index in [0.29, 0.717) is 22.3 Å². The molecule has 0 aliphatic rings. The van der Waals surface area contributed by atoms with Gasteiger partial charge in [-0.2, -0.15) is 0 Å². The first kappa shape index (κ1) is 15.4. The Morgan fingerprint density at radius 3 is 1.77 bits per heavy atom. The van der Waals surface area contributed by atoms with Gasteiger partial charge < -0.3 is 9.47 Å². The molecule has 0 spiro atoms. The second-order valence-electron chi connectivity index (χ2n) is 4.47. The van der Waals surface area contributed by atoms with E-state index < -0.39 is 11.9 Å². The number of benzene rings is 2. The van der Waals surface area contributed by atoms with Crippen molar-refractivity contribution in [3.05, 3.63) is 70.8 Å². The van der Waals surface area contributed by atoms with Gasteiger partial charge in [0.15, 0.2) is 5.78 Å². The lowest BCUT2D eigenvalue weighted by atomic mass is 10.0. The van der Waals surface area contributed by atoms with Crippen LogP contribution in [-0.2, 0) is 9.47 Å². The summed E-state index contributed by atoms with van der Waals surface area (Å²) in [5, 5.41) is 0. The Morgan fingerprint density at radius 1 is 0.682 bits per heavy atom. The number of ketones is 1. The Kier molecular flexibility index (Phi) is 4.68. The maximum absolute atomic E-state index is 12.4. The molecular formula is C17H14O5. The molecule has 0 N–H and O–H groups in total. The lowest BCUT2D eigenvalue weighted by molar-refractivity contribution is 0.0591. The van der Waals surface area contributed by atoms with Crippen molar-refractivity contribution >= 4 is 17.7 Å². The van der Waals surface area contributed by atoms with Gasteiger partial charge in [-0.3, -0.25) is 4.79 Å². The number of hydrogen-bond acceptors (Lipinski definition) is 5. The largest absolute Gasteiger partial charge is 0.465 e. The summed E-state index contributed by atoms with van der Waals surface area (Å²) in [5.74, 6) is -1.22. The van der Waals surface area contributed by atoms with E-state index in [1.165, 1.54) is 32.4 Å². The summed E-state index contributed by atoms with van der Waals surface area (Å²) in [7, 11) is 2.57. The SMILES string of the molecule is COC(=O)c1ccc(C(=O)c2cccc(C(=O)OC)c2)cc1. The normalized spacial score (nSPS) is 9.91. The van der Waals surface area contributed by atoms with Crippen molar-refractivity contribution in [1.82, 2.24) is 0 Å². The molecule has 5 heteroatoms. The summed E-state index contributed by atoms with van der Waals surface area (Å²) in [6.07, 6.45) is 0. The summed E-state index contributed by atoms with van der Waals surface area (Å²) < 4.78 is 9.23. The Bertz CT molecular complexity index is 716. The molecule has 0 saturated heterocycles.